The smallest absolute Gasteiger partial charge is 0.416 e. The van der Waals surface area contributed by atoms with Gasteiger partial charge < -0.3 is 14.5 Å². The lowest BCUT2D eigenvalue weighted by Crippen LogP contribution is -2.47. The highest BCUT2D eigenvalue weighted by atomic mass is 19.4. The van der Waals surface area contributed by atoms with Gasteiger partial charge >= 0.3 is 12.1 Å². The fraction of sp³-hybridized carbons (Fsp3) is 0.421. The van der Waals surface area contributed by atoms with Crippen LogP contribution in [-0.4, -0.2) is 47.7 Å². The van der Waals surface area contributed by atoms with E-state index in [2.05, 4.69) is 9.97 Å². The molecule has 2 atom stereocenters. The summed E-state index contributed by atoms with van der Waals surface area (Å²) in [6.07, 6.45) is -0.637. The van der Waals surface area contributed by atoms with Crippen molar-refractivity contribution >= 4 is 17.6 Å². The van der Waals surface area contributed by atoms with Crippen LogP contribution in [0.2, 0.25) is 0 Å². The number of benzene rings is 1. The van der Waals surface area contributed by atoms with Crippen molar-refractivity contribution in [2.75, 3.05) is 29.5 Å². The molecule has 148 valence electrons. The third-order valence-electron chi connectivity index (χ3n) is 5.15. The Bertz CT molecular complexity index is 872. The van der Waals surface area contributed by atoms with E-state index in [9.17, 15) is 18.0 Å². The highest BCUT2D eigenvalue weighted by Crippen LogP contribution is 2.38. The molecule has 28 heavy (non-hydrogen) atoms. The summed E-state index contributed by atoms with van der Waals surface area (Å²) < 4.78 is 43.9. The zero-order valence-corrected chi connectivity index (χ0v) is 15.2. The fourth-order valence-electron chi connectivity index (χ4n) is 3.88. The molecule has 2 aliphatic rings. The Labute approximate surface area is 159 Å². The Hall–Kier alpha value is -2.84. The largest absolute Gasteiger partial charge is 0.462 e. The lowest BCUT2D eigenvalue weighted by atomic mass is 10.1. The van der Waals surface area contributed by atoms with Crippen LogP contribution >= 0.6 is 0 Å². The highest BCUT2D eigenvalue weighted by Gasteiger charge is 2.44. The van der Waals surface area contributed by atoms with Gasteiger partial charge in [0, 0.05) is 37.2 Å². The summed E-state index contributed by atoms with van der Waals surface area (Å²) in [6.45, 7) is 3.24. The number of fused-ring (bicyclic) bond motifs is 2. The quantitative estimate of drug-likeness (QED) is 0.745. The van der Waals surface area contributed by atoms with Crippen molar-refractivity contribution in [2.24, 2.45) is 0 Å². The molecular formula is C19H19F3N4O2. The Morgan fingerprint density at radius 2 is 1.86 bits per heavy atom. The van der Waals surface area contributed by atoms with Crippen LogP contribution in [0.15, 0.2) is 36.7 Å². The maximum Gasteiger partial charge on any atom is 0.416 e. The van der Waals surface area contributed by atoms with Crippen LogP contribution in [0.25, 0.3) is 0 Å². The number of anilines is 2. The minimum atomic E-state index is -4.35. The number of nitrogens with zero attached hydrogens (tertiary/aromatic N) is 4. The van der Waals surface area contributed by atoms with Crippen molar-refractivity contribution in [3.05, 3.63) is 47.8 Å². The van der Waals surface area contributed by atoms with E-state index in [0.717, 1.165) is 12.5 Å². The summed E-state index contributed by atoms with van der Waals surface area (Å²) in [6, 6.07) is 5.66. The Morgan fingerprint density at radius 3 is 2.46 bits per heavy atom. The third kappa shape index (κ3) is 3.36. The molecule has 2 fully saturated rings. The Balaban J connectivity index is 1.47. The third-order valence-corrected chi connectivity index (χ3v) is 5.15. The van der Waals surface area contributed by atoms with Gasteiger partial charge in [-0.2, -0.15) is 13.2 Å². The number of carbonyl (C=O) groups excluding carboxylic acids is 1. The number of piperazine rings is 1. The minimum absolute atomic E-state index is 0.0989. The maximum atomic E-state index is 13.0. The van der Waals surface area contributed by atoms with Gasteiger partial charge in [-0.1, -0.05) is 6.07 Å². The summed E-state index contributed by atoms with van der Waals surface area (Å²) in [5, 5.41) is 0. The summed E-state index contributed by atoms with van der Waals surface area (Å²) in [5.41, 5.74) is 0.239. The molecule has 2 bridgehead atoms. The first-order chi connectivity index (χ1) is 13.4. The van der Waals surface area contributed by atoms with Gasteiger partial charge in [0.15, 0.2) is 0 Å². The second-order valence-corrected chi connectivity index (χ2v) is 6.89. The molecule has 3 heterocycles. The first-order valence-electron chi connectivity index (χ1n) is 9.06. The van der Waals surface area contributed by atoms with Crippen LogP contribution < -0.4 is 9.80 Å². The first-order valence-corrected chi connectivity index (χ1v) is 9.06. The van der Waals surface area contributed by atoms with E-state index >= 15 is 0 Å². The van der Waals surface area contributed by atoms with Crippen LogP contribution in [0, 0.1) is 0 Å². The van der Waals surface area contributed by atoms with Crippen LogP contribution in [0.1, 0.15) is 29.3 Å². The topological polar surface area (TPSA) is 58.6 Å². The van der Waals surface area contributed by atoms with Crippen LogP contribution in [-0.2, 0) is 10.9 Å². The average molecular weight is 392 g/mol. The van der Waals surface area contributed by atoms with Crippen molar-refractivity contribution in [2.45, 2.75) is 31.6 Å². The van der Waals surface area contributed by atoms with E-state index in [1.54, 1.807) is 13.0 Å². The molecule has 2 aromatic rings. The molecule has 0 spiro atoms. The molecule has 2 saturated heterocycles. The van der Waals surface area contributed by atoms with Crippen molar-refractivity contribution in [1.29, 1.82) is 0 Å². The second kappa shape index (κ2) is 6.96. The first kappa shape index (κ1) is 18.5. The maximum absolute atomic E-state index is 13.0. The summed E-state index contributed by atoms with van der Waals surface area (Å²) in [7, 11) is 0. The molecule has 0 N–H and O–H groups in total. The molecule has 4 rings (SSSR count). The molecule has 6 nitrogen and oxygen atoms in total. The average Bonchev–Trinajstić information content (AvgIpc) is 3.29. The number of rotatable bonds is 4. The number of hydrogen-bond donors (Lipinski definition) is 0. The zero-order valence-electron chi connectivity index (χ0n) is 15.2. The molecule has 9 heteroatoms. The van der Waals surface area contributed by atoms with Gasteiger partial charge in [0.05, 0.1) is 23.8 Å². The molecule has 1 aromatic carbocycles. The number of alkyl halides is 3. The number of hydrogen-bond acceptors (Lipinski definition) is 6. The molecule has 0 saturated carbocycles. The van der Waals surface area contributed by atoms with Gasteiger partial charge in [-0.25, -0.2) is 14.8 Å². The van der Waals surface area contributed by atoms with Gasteiger partial charge in [0.1, 0.15) is 0 Å². The Morgan fingerprint density at radius 1 is 1.18 bits per heavy atom. The normalized spacial score (nSPS) is 21.3. The number of carbonyl (C=O) groups is 1. The number of esters is 1. The van der Waals surface area contributed by atoms with Crippen molar-refractivity contribution in [3.63, 3.8) is 0 Å². The number of aromatic nitrogens is 2. The minimum Gasteiger partial charge on any atom is -0.462 e. The molecule has 2 aliphatic heterocycles. The monoisotopic (exact) mass is 392 g/mol. The number of halogens is 3. The summed E-state index contributed by atoms with van der Waals surface area (Å²) in [4.78, 5) is 24.3. The molecular weight excluding hydrogens is 373 g/mol. The molecule has 0 aliphatic carbocycles. The SMILES string of the molecule is CCOC(=O)c1cnc(N2CC3CC2CN3c2cccc(C(F)(F)F)c2)nc1. The predicted octanol–water partition coefficient (Wildman–Crippen LogP) is 3.14. The summed E-state index contributed by atoms with van der Waals surface area (Å²) >= 11 is 0. The number of ether oxygens (including phenoxy) is 1. The fourth-order valence-corrected chi connectivity index (χ4v) is 3.88. The van der Waals surface area contributed by atoms with E-state index in [1.807, 2.05) is 9.80 Å². The van der Waals surface area contributed by atoms with Crippen LogP contribution in [0.5, 0.6) is 0 Å². The summed E-state index contributed by atoms with van der Waals surface area (Å²) in [5.74, 6) is 0.0527. The van der Waals surface area contributed by atoms with Crippen molar-refractivity contribution in [1.82, 2.24) is 9.97 Å². The van der Waals surface area contributed by atoms with Gasteiger partial charge in [0.25, 0.3) is 0 Å². The van der Waals surface area contributed by atoms with E-state index in [4.69, 9.17) is 4.74 Å². The van der Waals surface area contributed by atoms with Crippen molar-refractivity contribution < 1.29 is 22.7 Å². The predicted molar refractivity (Wildman–Crippen MR) is 96.3 cm³/mol. The Kier molecular flexibility index (Phi) is 4.60. The zero-order chi connectivity index (χ0) is 19.9. The van der Waals surface area contributed by atoms with Crippen LogP contribution in [0.3, 0.4) is 0 Å². The van der Waals surface area contributed by atoms with E-state index < -0.39 is 17.7 Å². The lowest BCUT2D eigenvalue weighted by molar-refractivity contribution is -0.137. The highest BCUT2D eigenvalue weighted by molar-refractivity contribution is 5.88. The standard InChI is InChI=1S/C19H19F3N4O2/c1-2-28-17(27)12-8-23-18(24-9-12)26-11-15-7-16(26)10-25(15)14-5-3-4-13(6-14)19(20,21)22/h3-6,8-9,15-16H,2,7,10-11H2,1H3. The van der Waals surface area contributed by atoms with Crippen LogP contribution in [0.4, 0.5) is 24.8 Å². The van der Waals surface area contributed by atoms with E-state index in [0.29, 0.717) is 30.3 Å². The van der Waals surface area contributed by atoms with Gasteiger partial charge in [0.2, 0.25) is 5.95 Å². The van der Waals surface area contributed by atoms with Gasteiger partial charge in [-0.3, -0.25) is 0 Å². The van der Waals surface area contributed by atoms with Crippen molar-refractivity contribution in [3.8, 4) is 0 Å². The second-order valence-electron chi connectivity index (χ2n) is 6.89. The van der Waals surface area contributed by atoms with Gasteiger partial charge in [-0.05, 0) is 31.5 Å². The molecule has 0 amide bonds. The lowest BCUT2D eigenvalue weighted by Gasteiger charge is -2.35. The molecule has 1 aromatic heterocycles. The molecule has 0 radical (unpaired) electrons. The van der Waals surface area contributed by atoms with Gasteiger partial charge in [-0.15, -0.1) is 0 Å². The molecule has 2 unspecified atom stereocenters. The van der Waals surface area contributed by atoms with E-state index in [1.165, 1.54) is 24.5 Å². The van der Waals surface area contributed by atoms with E-state index in [-0.39, 0.29) is 18.7 Å².